The van der Waals surface area contributed by atoms with Gasteiger partial charge in [0, 0.05) is 5.69 Å². The van der Waals surface area contributed by atoms with Crippen molar-refractivity contribution in [3.8, 4) is 0 Å². The monoisotopic (exact) mass is 341 g/mol. The van der Waals surface area contributed by atoms with Gasteiger partial charge in [0.25, 0.3) is 0 Å². The quantitative estimate of drug-likeness (QED) is 0.719. The number of nitrogens with two attached hydrogens (primary N) is 1. The number of nitrogens with one attached hydrogen (secondary N) is 2. The Kier molecular flexibility index (Phi) is 6.01. The second kappa shape index (κ2) is 7.28. The van der Waals surface area contributed by atoms with Crippen molar-refractivity contribution in [1.29, 1.82) is 0 Å². The molecule has 2 atom stereocenters. The van der Waals surface area contributed by atoms with E-state index in [4.69, 9.17) is 5.73 Å². The van der Waals surface area contributed by atoms with E-state index in [0.717, 1.165) is 5.56 Å². The lowest BCUT2D eigenvalue weighted by Crippen LogP contribution is -2.35. The number of urea groups is 1. The lowest BCUT2D eigenvalue weighted by molar-refractivity contribution is -0.121. The Morgan fingerprint density at radius 3 is 2.15 bits per heavy atom. The number of hydrogen-bond acceptors (Lipinski definition) is 2. The number of benzene rings is 1. The fourth-order valence-electron chi connectivity index (χ4n) is 1.68. The van der Waals surface area contributed by atoms with Crippen molar-refractivity contribution in [2.45, 2.75) is 31.6 Å². The summed E-state index contributed by atoms with van der Waals surface area (Å²) in [6.07, 6.45) is 0. The number of amides is 3. The van der Waals surface area contributed by atoms with Crippen molar-refractivity contribution in [3.05, 3.63) is 29.8 Å². The molecule has 0 bridgehead atoms. The maximum absolute atomic E-state index is 11.9. The molecule has 0 fully saturated rings. The van der Waals surface area contributed by atoms with Gasteiger partial charge in [-0.3, -0.25) is 4.79 Å². The Hall–Kier alpha value is -1.56. The Morgan fingerprint density at radius 2 is 1.70 bits per heavy atom. The molecule has 6 heteroatoms. The van der Waals surface area contributed by atoms with Gasteiger partial charge in [-0.15, -0.1) is 0 Å². The smallest absolute Gasteiger partial charge is 0.316 e. The van der Waals surface area contributed by atoms with Crippen LogP contribution in [0.2, 0.25) is 0 Å². The van der Waals surface area contributed by atoms with Crippen molar-refractivity contribution >= 4 is 33.6 Å². The first kappa shape index (κ1) is 16.5. The van der Waals surface area contributed by atoms with Gasteiger partial charge in [0.15, 0.2) is 0 Å². The zero-order chi connectivity index (χ0) is 15.3. The maximum Gasteiger partial charge on any atom is 0.316 e. The number of primary amides is 1. The highest BCUT2D eigenvalue weighted by Gasteiger charge is 2.20. The van der Waals surface area contributed by atoms with Crippen LogP contribution >= 0.6 is 15.9 Å². The van der Waals surface area contributed by atoms with Crippen molar-refractivity contribution in [2.75, 3.05) is 5.32 Å². The van der Waals surface area contributed by atoms with E-state index in [1.807, 2.05) is 32.9 Å². The summed E-state index contributed by atoms with van der Waals surface area (Å²) < 4.78 is 0. The molecule has 1 aromatic carbocycles. The molecule has 5 nitrogen and oxygen atoms in total. The molecule has 20 heavy (non-hydrogen) atoms. The van der Waals surface area contributed by atoms with Gasteiger partial charge in [0.2, 0.25) is 5.91 Å². The third kappa shape index (κ3) is 4.85. The first-order valence-corrected chi connectivity index (χ1v) is 7.33. The number of halogens is 1. The first-order valence-electron chi connectivity index (χ1n) is 6.42. The summed E-state index contributed by atoms with van der Waals surface area (Å²) in [5.41, 5.74) is 6.62. The van der Waals surface area contributed by atoms with E-state index < -0.39 is 6.03 Å². The van der Waals surface area contributed by atoms with E-state index in [1.165, 1.54) is 0 Å². The molecule has 0 saturated carbocycles. The van der Waals surface area contributed by atoms with Gasteiger partial charge < -0.3 is 16.4 Å². The molecule has 4 N–H and O–H groups in total. The number of hydrogen-bond donors (Lipinski definition) is 3. The molecule has 2 unspecified atom stereocenters. The fraction of sp³-hybridized carbons (Fsp3) is 0.429. The Balaban J connectivity index is 2.66. The van der Waals surface area contributed by atoms with Crippen molar-refractivity contribution in [1.82, 2.24) is 5.32 Å². The van der Waals surface area contributed by atoms with Gasteiger partial charge in [-0.2, -0.15) is 0 Å². The summed E-state index contributed by atoms with van der Waals surface area (Å²) in [5, 5.41) is 5.43. The molecule has 0 radical (unpaired) electrons. The normalized spacial score (nSPS) is 13.7. The van der Waals surface area contributed by atoms with Crippen LogP contribution in [0.25, 0.3) is 0 Å². The van der Waals surface area contributed by atoms with E-state index in [1.54, 1.807) is 12.1 Å². The van der Waals surface area contributed by atoms with Crippen LogP contribution in [0, 0.1) is 5.92 Å². The van der Waals surface area contributed by atoms with E-state index in [0.29, 0.717) is 5.69 Å². The van der Waals surface area contributed by atoms with Crippen molar-refractivity contribution in [3.63, 3.8) is 0 Å². The molecule has 0 aromatic heterocycles. The number of rotatable bonds is 5. The largest absolute Gasteiger partial charge is 0.351 e. The number of carbonyl (C=O) groups is 2. The van der Waals surface area contributed by atoms with Crippen LogP contribution in [-0.2, 0) is 4.79 Å². The molecule has 0 spiro atoms. The highest BCUT2D eigenvalue weighted by atomic mass is 79.9. The summed E-state index contributed by atoms with van der Waals surface area (Å²) in [7, 11) is 0. The average Bonchev–Trinajstić information content (AvgIpc) is 2.37. The molecule has 110 valence electrons. The van der Waals surface area contributed by atoms with Crippen LogP contribution < -0.4 is 16.4 Å². The number of anilines is 1. The van der Waals surface area contributed by atoms with Crippen LogP contribution in [0.1, 0.15) is 32.4 Å². The van der Waals surface area contributed by atoms with E-state index in [2.05, 4.69) is 26.6 Å². The van der Waals surface area contributed by atoms with Gasteiger partial charge in [0.05, 0.1) is 10.9 Å². The summed E-state index contributed by atoms with van der Waals surface area (Å²) >= 11 is 3.37. The summed E-state index contributed by atoms with van der Waals surface area (Å²) in [6, 6.07) is 6.47. The molecular weight excluding hydrogens is 322 g/mol. The predicted octanol–water partition coefficient (Wildman–Crippen LogP) is 2.77. The average molecular weight is 342 g/mol. The molecule has 0 aliphatic heterocycles. The fourth-order valence-corrected chi connectivity index (χ4v) is 1.81. The van der Waals surface area contributed by atoms with Crippen LogP contribution in [0.15, 0.2) is 24.3 Å². The highest BCUT2D eigenvalue weighted by Crippen LogP contribution is 2.18. The predicted molar refractivity (Wildman–Crippen MR) is 83.8 cm³/mol. The SMILES string of the molecule is CC(NC(=O)C(Br)C(C)C)c1ccc(NC(N)=O)cc1. The minimum Gasteiger partial charge on any atom is -0.351 e. The van der Waals surface area contributed by atoms with Gasteiger partial charge in [-0.25, -0.2) is 4.79 Å². The molecular formula is C14H20BrN3O2. The van der Waals surface area contributed by atoms with Gasteiger partial charge in [0.1, 0.15) is 0 Å². The van der Waals surface area contributed by atoms with E-state index in [-0.39, 0.29) is 22.7 Å². The number of carbonyl (C=O) groups excluding carboxylic acids is 2. The third-order valence-electron chi connectivity index (χ3n) is 2.87. The minimum atomic E-state index is -0.599. The van der Waals surface area contributed by atoms with Gasteiger partial charge in [-0.05, 0) is 30.5 Å². The standard InChI is InChI=1S/C14H20BrN3O2/c1-8(2)12(15)13(19)17-9(3)10-4-6-11(7-5-10)18-14(16)20/h4-9,12H,1-3H3,(H,17,19)(H3,16,18,20). The van der Waals surface area contributed by atoms with Crippen LogP contribution in [0.4, 0.5) is 10.5 Å². The molecule has 1 rings (SSSR count). The van der Waals surface area contributed by atoms with Crippen LogP contribution in [0.5, 0.6) is 0 Å². The van der Waals surface area contributed by atoms with E-state index in [9.17, 15) is 9.59 Å². The summed E-state index contributed by atoms with van der Waals surface area (Å²) in [6.45, 7) is 5.87. The zero-order valence-electron chi connectivity index (χ0n) is 11.8. The second-order valence-electron chi connectivity index (χ2n) is 4.99. The van der Waals surface area contributed by atoms with Crippen LogP contribution in [-0.4, -0.2) is 16.8 Å². The Morgan fingerprint density at radius 1 is 1.15 bits per heavy atom. The van der Waals surface area contributed by atoms with E-state index >= 15 is 0 Å². The first-order chi connectivity index (χ1) is 9.31. The molecule has 0 saturated heterocycles. The van der Waals surface area contributed by atoms with Crippen LogP contribution in [0.3, 0.4) is 0 Å². The Labute approximate surface area is 127 Å². The topological polar surface area (TPSA) is 84.2 Å². The molecule has 3 amide bonds. The molecule has 0 heterocycles. The molecule has 0 aliphatic carbocycles. The highest BCUT2D eigenvalue weighted by molar-refractivity contribution is 9.10. The third-order valence-corrected chi connectivity index (χ3v) is 4.35. The lowest BCUT2D eigenvalue weighted by atomic mass is 10.1. The van der Waals surface area contributed by atoms with Crippen molar-refractivity contribution < 1.29 is 9.59 Å². The lowest BCUT2D eigenvalue weighted by Gasteiger charge is -2.19. The van der Waals surface area contributed by atoms with Crippen molar-refractivity contribution in [2.24, 2.45) is 11.7 Å². The summed E-state index contributed by atoms with van der Waals surface area (Å²) in [5.74, 6) is 0.191. The minimum absolute atomic E-state index is 0.0353. The maximum atomic E-state index is 11.9. The molecule has 1 aromatic rings. The van der Waals surface area contributed by atoms with Gasteiger partial charge >= 0.3 is 6.03 Å². The number of alkyl halides is 1. The molecule has 0 aliphatic rings. The zero-order valence-corrected chi connectivity index (χ0v) is 13.4. The second-order valence-corrected chi connectivity index (χ2v) is 5.97. The van der Waals surface area contributed by atoms with Gasteiger partial charge in [-0.1, -0.05) is 41.9 Å². The summed E-state index contributed by atoms with van der Waals surface area (Å²) in [4.78, 5) is 22.5. The Bertz CT molecular complexity index is 474.